The van der Waals surface area contributed by atoms with Crippen molar-refractivity contribution >= 4 is 24.8 Å². The maximum atomic E-state index is 13.2. The number of hydrogen-bond donors (Lipinski definition) is 2. The molecule has 1 amide bonds. The summed E-state index contributed by atoms with van der Waals surface area (Å²) in [6.45, 7) is 18.3. The van der Waals surface area contributed by atoms with Crippen LogP contribution in [0, 0.1) is 0 Å². The topological polar surface area (TPSA) is 71.0 Å². The van der Waals surface area contributed by atoms with E-state index in [2.05, 4.69) is 56.9 Å². The molecule has 7 heteroatoms. The molecule has 0 heterocycles. The van der Waals surface area contributed by atoms with E-state index in [4.69, 9.17) is 9.16 Å². The molecule has 0 spiro atoms. The molecule has 3 aromatic rings. The van der Waals surface area contributed by atoms with Gasteiger partial charge in [-0.2, -0.15) is 5.06 Å². The van der Waals surface area contributed by atoms with Crippen LogP contribution in [0.2, 0.25) is 5.04 Å². The lowest BCUT2D eigenvalue weighted by molar-refractivity contribution is -0.136. The van der Waals surface area contributed by atoms with Crippen molar-refractivity contribution in [3.63, 3.8) is 0 Å². The van der Waals surface area contributed by atoms with Crippen LogP contribution in [0.1, 0.15) is 54.0 Å². The van der Waals surface area contributed by atoms with Crippen molar-refractivity contribution in [2.45, 2.75) is 83.8 Å². The predicted octanol–water partition coefficient (Wildman–Crippen LogP) is 6.29. The van der Waals surface area contributed by atoms with E-state index in [1.807, 2.05) is 94.4 Å². The molecule has 0 aliphatic carbocycles. The van der Waals surface area contributed by atoms with Crippen molar-refractivity contribution < 1.29 is 19.2 Å². The number of hydrogen-bond acceptors (Lipinski definition) is 5. The van der Waals surface area contributed by atoms with Gasteiger partial charge in [0.05, 0.1) is 18.2 Å². The van der Waals surface area contributed by atoms with Gasteiger partial charge in [0.2, 0.25) is 0 Å². The van der Waals surface area contributed by atoms with Gasteiger partial charge in [0, 0.05) is 6.54 Å². The quantitative estimate of drug-likeness (QED) is 0.160. The van der Waals surface area contributed by atoms with Gasteiger partial charge in [-0.15, -0.1) is 6.58 Å². The number of carbonyl (C=O) groups is 1. The standard InChI is InChI=1S/C34H46N2O4Si/c1-9-30(36(38)25-27-19-13-10-14-20-27)31(35-32(37)39-33(3,4)5)26(2)40-41(34(6,7)8,28-21-15-11-16-22-28)29-23-17-12-18-24-29/h9-24,26,30-31,38H,1,25H2,2-8H3,(H,35,37)/t26-,30+,31+/m1/s1. The summed E-state index contributed by atoms with van der Waals surface area (Å²) < 4.78 is 13.0. The molecule has 0 aromatic heterocycles. The fourth-order valence-corrected chi connectivity index (χ4v) is 10.0. The molecule has 0 saturated heterocycles. The number of amides is 1. The summed E-state index contributed by atoms with van der Waals surface area (Å²) in [5.74, 6) is 0. The van der Waals surface area contributed by atoms with Crippen molar-refractivity contribution in [2.24, 2.45) is 0 Å². The van der Waals surface area contributed by atoms with Gasteiger partial charge in [-0.1, -0.05) is 118 Å². The fraction of sp³-hybridized carbons (Fsp3) is 0.382. The van der Waals surface area contributed by atoms with Gasteiger partial charge in [0.15, 0.2) is 0 Å². The van der Waals surface area contributed by atoms with Crippen LogP contribution in [0.25, 0.3) is 0 Å². The van der Waals surface area contributed by atoms with Crippen molar-refractivity contribution in [1.29, 1.82) is 0 Å². The molecular weight excluding hydrogens is 528 g/mol. The molecule has 3 rings (SSSR count). The van der Waals surface area contributed by atoms with E-state index in [1.165, 1.54) is 5.06 Å². The van der Waals surface area contributed by atoms with Crippen molar-refractivity contribution in [2.75, 3.05) is 0 Å². The van der Waals surface area contributed by atoms with Gasteiger partial charge in [-0.05, 0) is 48.7 Å². The van der Waals surface area contributed by atoms with E-state index >= 15 is 0 Å². The van der Waals surface area contributed by atoms with Crippen LogP contribution >= 0.6 is 0 Å². The molecule has 0 aliphatic heterocycles. The summed E-state index contributed by atoms with van der Waals surface area (Å²) in [5.41, 5.74) is 0.238. The minimum absolute atomic E-state index is 0.246. The van der Waals surface area contributed by atoms with E-state index in [0.717, 1.165) is 15.9 Å². The van der Waals surface area contributed by atoms with Gasteiger partial charge in [-0.3, -0.25) is 0 Å². The van der Waals surface area contributed by atoms with Gasteiger partial charge >= 0.3 is 6.09 Å². The van der Waals surface area contributed by atoms with Crippen LogP contribution < -0.4 is 15.7 Å². The van der Waals surface area contributed by atoms with Gasteiger partial charge < -0.3 is 19.7 Å². The highest BCUT2D eigenvalue weighted by Crippen LogP contribution is 2.38. The number of carbonyl (C=O) groups excluding carboxylic acids is 1. The largest absolute Gasteiger partial charge is 0.444 e. The molecule has 0 radical (unpaired) electrons. The molecule has 220 valence electrons. The Morgan fingerprint density at radius 2 is 1.37 bits per heavy atom. The first-order chi connectivity index (χ1) is 19.3. The zero-order valence-electron chi connectivity index (χ0n) is 25.5. The Labute approximate surface area is 247 Å². The summed E-state index contributed by atoms with van der Waals surface area (Å²) in [5, 5.41) is 17.6. The molecule has 2 N–H and O–H groups in total. The lowest BCUT2D eigenvalue weighted by Crippen LogP contribution is -2.69. The number of nitrogens with zero attached hydrogens (tertiary/aromatic N) is 1. The Morgan fingerprint density at radius 3 is 1.78 bits per heavy atom. The Bertz CT molecular complexity index is 1200. The Morgan fingerprint density at radius 1 is 0.902 bits per heavy atom. The molecule has 0 bridgehead atoms. The molecular formula is C34H46N2O4Si. The van der Waals surface area contributed by atoms with E-state index in [-0.39, 0.29) is 11.6 Å². The Balaban J connectivity index is 2.09. The van der Waals surface area contributed by atoms with Crippen LogP contribution in [-0.4, -0.2) is 48.5 Å². The third kappa shape index (κ3) is 8.17. The molecule has 0 fully saturated rings. The van der Waals surface area contributed by atoms with Crippen LogP contribution in [0.15, 0.2) is 104 Å². The highest BCUT2D eigenvalue weighted by Gasteiger charge is 2.52. The minimum Gasteiger partial charge on any atom is -0.444 e. The number of alkyl carbamates (subject to hydrolysis) is 1. The normalized spacial score (nSPS) is 14.7. The van der Waals surface area contributed by atoms with Crippen LogP contribution in [-0.2, 0) is 15.7 Å². The maximum absolute atomic E-state index is 13.2. The minimum atomic E-state index is -2.97. The summed E-state index contributed by atoms with van der Waals surface area (Å²) >= 11 is 0. The zero-order chi connectivity index (χ0) is 30.3. The van der Waals surface area contributed by atoms with Crippen LogP contribution in [0.4, 0.5) is 4.79 Å². The maximum Gasteiger partial charge on any atom is 0.408 e. The molecule has 0 aliphatic rings. The van der Waals surface area contributed by atoms with Crippen molar-refractivity contribution in [3.8, 4) is 0 Å². The summed E-state index contributed by atoms with van der Waals surface area (Å²) in [6, 6.07) is 29.0. The van der Waals surface area contributed by atoms with Gasteiger partial charge in [-0.25, -0.2) is 4.79 Å². The number of rotatable bonds is 11. The van der Waals surface area contributed by atoms with Crippen LogP contribution in [0.3, 0.4) is 0 Å². The summed E-state index contributed by atoms with van der Waals surface area (Å²) in [7, 11) is -2.97. The average Bonchev–Trinajstić information content (AvgIpc) is 2.91. The third-order valence-corrected chi connectivity index (χ3v) is 12.2. The Kier molecular flexibility index (Phi) is 10.7. The van der Waals surface area contributed by atoms with Crippen LogP contribution in [0.5, 0.6) is 0 Å². The molecule has 3 aromatic carbocycles. The first-order valence-electron chi connectivity index (χ1n) is 14.2. The average molecular weight is 575 g/mol. The second kappa shape index (κ2) is 13.6. The molecule has 3 atom stereocenters. The van der Waals surface area contributed by atoms with E-state index < -0.39 is 38.2 Å². The third-order valence-electron chi connectivity index (χ3n) is 7.11. The number of nitrogens with one attached hydrogen (secondary N) is 1. The summed E-state index contributed by atoms with van der Waals surface area (Å²) in [4.78, 5) is 13.2. The molecule has 0 unspecified atom stereocenters. The highest BCUT2D eigenvalue weighted by molar-refractivity contribution is 6.99. The van der Waals surface area contributed by atoms with Crippen molar-refractivity contribution in [3.05, 3.63) is 109 Å². The second-order valence-corrected chi connectivity index (χ2v) is 16.7. The second-order valence-electron chi connectivity index (χ2n) is 12.5. The van der Waals surface area contributed by atoms with E-state index in [9.17, 15) is 10.0 Å². The lowest BCUT2D eigenvalue weighted by atomic mass is 10.0. The van der Waals surface area contributed by atoms with Gasteiger partial charge in [0.1, 0.15) is 5.60 Å². The predicted molar refractivity (Wildman–Crippen MR) is 169 cm³/mol. The van der Waals surface area contributed by atoms with E-state index in [0.29, 0.717) is 0 Å². The Hall–Kier alpha value is -3.23. The first kappa shape index (κ1) is 32.3. The molecule has 0 saturated carbocycles. The smallest absolute Gasteiger partial charge is 0.408 e. The fourth-order valence-electron chi connectivity index (χ4n) is 5.30. The molecule has 41 heavy (non-hydrogen) atoms. The molecule has 6 nitrogen and oxygen atoms in total. The highest BCUT2D eigenvalue weighted by atomic mass is 28.4. The SMILES string of the molecule is C=C[C@@H]([C@@H](NC(=O)OC(C)(C)C)[C@@H](C)O[Si](c1ccccc1)(c1ccccc1)C(C)(C)C)N(O)Cc1ccccc1. The van der Waals surface area contributed by atoms with E-state index in [1.54, 1.807) is 6.08 Å². The number of benzene rings is 3. The van der Waals surface area contributed by atoms with Crippen molar-refractivity contribution in [1.82, 2.24) is 10.4 Å². The number of ether oxygens (including phenoxy) is 1. The summed E-state index contributed by atoms with van der Waals surface area (Å²) in [6.07, 6.45) is 0.526. The zero-order valence-corrected chi connectivity index (χ0v) is 26.5. The van der Waals surface area contributed by atoms with Gasteiger partial charge in [0.25, 0.3) is 8.32 Å². The monoisotopic (exact) mass is 574 g/mol. The number of hydroxylamine groups is 2. The lowest BCUT2D eigenvalue weighted by Gasteiger charge is -2.47. The first-order valence-corrected chi connectivity index (χ1v) is 16.1.